The monoisotopic (exact) mass is 172 g/mol. The van der Waals surface area contributed by atoms with Gasteiger partial charge in [-0.3, -0.25) is 4.79 Å². The Labute approximate surface area is 75.0 Å². The van der Waals surface area contributed by atoms with Gasteiger partial charge in [-0.25, -0.2) is 0 Å². The maximum Gasteiger partial charge on any atom is 0.290 e. The minimum absolute atomic E-state index is 0.250. The fraction of sp³-hybridized carbons (Fsp3) is 0.900. The summed E-state index contributed by atoms with van der Waals surface area (Å²) in [4.78, 5) is 8.36. The van der Waals surface area contributed by atoms with Crippen LogP contribution in [0.25, 0.3) is 0 Å². The maximum absolute atomic E-state index is 8.36. The van der Waals surface area contributed by atoms with Crippen LogP contribution in [-0.2, 0) is 4.79 Å². The zero-order valence-electron chi connectivity index (χ0n) is 8.18. The summed E-state index contributed by atoms with van der Waals surface area (Å²) in [6.45, 7) is 4.43. The van der Waals surface area contributed by atoms with Gasteiger partial charge in [0.15, 0.2) is 0 Å². The highest BCUT2D eigenvalue weighted by Crippen LogP contribution is 2.43. The van der Waals surface area contributed by atoms with Crippen molar-refractivity contribution in [2.45, 2.75) is 52.4 Å². The van der Waals surface area contributed by atoms with E-state index < -0.39 is 0 Å². The van der Waals surface area contributed by atoms with Crippen molar-refractivity contribution >= 4 is 6.47 Å². The molecule has 0 aromatic carbocycles. The molecule has 0 atom stereocenters. The smallest absolute Gasteiger partial charge is 0.290 e. The minimum atomic E-state index is -0.250. The summed E-state index contributed by atoms with van der Waals surface area (Å²) < 4.78 is 0. The highest BCUT2D eigenvalue weighted by Gasteiger charge is 2.29. The quantitative estimate of drug-likeness (QED) is 0.650. The molecule has 1 N–H and O–H groups in total. The normalized spacial score (nSPS) is 19.5. The topological polar surface area (TPSA) is 37.3 Å². The first-order valence-electron chi connectivity index (χ1n) is 4.82. The summed E-state index contributed by atoms with van der Waals surface area (Å²) in [7, 11) is 0. The van der Waals surface area contributed by atoms with Crippen LogP contribution < -0.4 is 0 Å². The Kier molecular flexibility index (Phi) is 5.77. The first kappa shape index (κ1) is 11.5. The molecule has 2 heteroatoms. The second-order valence-corrected chi connectivity index (χ2v) is 3.52. The van der Waals surface area contributed by atoms with Crippen LogP contribution in [0.4, 0.5) is 0 Å². The molecule has 1 fully saturated rings. The number of hydrogen-bond donors (Lipinski definition) is 1. The molecular weight excluding hydrogens is 152 g/mol. The molecular formula is C10H20O2. The summed E-state index contributed by atoms with van der Waals surface area (Å²) >= 11 is 0. The summed E-state index contributed by atoms with van der Waals surface area (Å²) in [5.41, 5.74) is 0.778. The standard InChI is InChI=1S/C9H18.CH2O2/c1-3-9(4-2)7-5-6-8-9;2-1-3/h3-8H2,1-2H3;1H,(H,2,3). The molecule has 0 bridgehead atoms. The number of carboxylic acid groups (broad SMARTS) is 1. The molecule has 0 saturated heterocycles. The average Bonchev–Trinajstić information content (AvgIpc) is 2.55. The molecule has 1 saturated carbocycles. The predicted molar refractivity (Wildman–Crippen MR) is 50.2 cm³/mol. The van der Waals surface area contributed by atoms with Gasteiger partial charge in [0, 0.05) is 0 Å². The summed E-state index contributed by atoms with van der Waals surface area (Å²) in [5, 5.41) is 6.89. The lowest BCUT2D eigenvalue weighted by Crippen LogP contribution is -2.12. The van der Waals surface area contributed by atoms with Gasteiger partial charge >= 0.3 is 0 Å². The van der Waals surface area contributed by atoms with Crippen LogP contribution in [0, 0.1) is 5.41 Å². The van der Waals surface area contributed by atoms with Crippen LogP contribution in [0.2, 0.25) is 0 Å². The Morgan fingerprint density at radius 2 is 1.58 bits per heavy atom. The van der Waals surface area contributed by atoms with Crippen molar-refractivity contribution in [1.82, 2.24) is 0 Å². The van der Waals surface area contributed by atoms with Crippen LogP contribution >= 0.6 is 0 Å². The Morgan fingerprint density at radius 1 is 1.25 bits per heavy atom. The Balaban J connectivity index is 0.000000354. The van der Waals surface area contributed by atoms with E-state index in [1.807, 2.05) is 0 Å². The maximum atomic E-state index is 8.36. The predicted octanol–water partition coefficient (Wildman–Crippen LogP) is 3.07. The van der Waals surface area contributed by atoms with Gasteiger partial charge in [0.1, 0.15) is 0 Å². The van der Waals surface area contributed by atoms with Crippen molar-refractivity contribution in [3.63, 3.8) is 0 Å². The van der Waals surface area contributed by atoms with E-state index in [0.717, 1.165) is 5.41 Å². The van der Waals surface area contributed by atoms with E-state index in [1.165, 1.54) is 38.5 Å². The number of rotatable bonds is 2. The van der Waals surface area contributed by atoms with Crippen LogP contribution in [0.5, 0.6) is 0 Å². The van der Waals surface area contributed by atoms with Crippen molar-refractivity contribution < 1.29 is 9.90 Å². The first-order chi connectivity index (χ1) is 5.74. The lowest BCUT2D eigenvalue weighted by Gasteiger charge is -2.24. The van der Waals surface area contributed by atoms with Crippen molar-refractivity contribution in [3.05, 3.63) is 0 Å². The molecule has 0 heterocycles. The molecule has 1 aliphatic carbocycles. The first-order valence-corrected chi connectivity index (χ1v) is 4.82. The van der Waals surface area contributed by atoms with Gasteiger partial charge in [-0.05, 0) is 18.3 Å². The van der Waals surface area contributed by atoms with Gasteiger partial charge < -0.3 is 5.11 Å². The van der Waals surface area contributed by atoms with Gasteiger partial charge in [-0.2, -0.15) is 0 Å². The fourth-order valence-corrected chi connectivity index (χ4v) is 2.08. The van der Waals surface area contributed by atoms with E-state index in [1.54, 1.807) is 0 Å². The molecule has 0 aliphatic heterocycles. The lowest BCUT2D eigenvalue weighted by atomic mass is 9.81. The molecule has 72 valence electrons. The summed E-state index contributed by atoms with van der Waals surface area (Å²) in [6, 6.07) is 0. The second-order valence-electron chi connectivity index (χ2n) is 3.52. The SMILES string of the molecule is CCC1(CC)CCCC1.O=CO. The molecule has 0 unspecified atom stereocenters. The molecule has 0 radical (unpaired) electrons. The summed E-state index contributed by atoms with van der Waals surface area (Å²) in [6.07, 6.45) is 8.79. The van der Waals surface area contributed by atoms with E-state index in [4.69, 9.17) is 9.90 Å². The van der Waals surface area contributed by atoms with Crippen molar-refractivity contribution in [1.29, 1.82) is 0 Å². The van der Waals surface area contributed by atoms with E-state index in [0.29, 0.717) is 0 Å². The Morgan fingerprint density at radius 3 is 1.75 bits per heavy atom. The van der Waals surface area contributed by atoms with Crippen molar-refractivity contribution in [2.75, 3.05) is 0 Å². The van der Waals surface area contributed by atoms with Crippen LogP contribution in [0.1, 0.15) is 52.4 Å². The van der Waals surface area contributed by atoms with Crippen LogP contribution in [0.15, 0.2) is 0 Å². The van der Waals surface area contributed by atoms with Crippen molar-refractivity contribution in [3.8, 4) is 0 Å². The second kappa shape index (κ2) is 6.04. The third-order valence-electron chi connectivity index (χ3n) is 3.16. The Bertz CT molecular complexity index is 109. The molecule has 0 aromatic rings. The van der Waals surface area contributed by atoms with E-state index in [9.17, 15) is 0 Å². The number of carbonyl (C=O) groups is 1. The zero-order chi connectivity index (χ0) is 9.45. The zero-order valence-corrected chi connectivity index (χ0v) is 8.18. The molecule has 0 aromatic heterocycles. The lowest BCUT2D eigenvalue weighted by molar-refractivity contribution is -0.122. The van der Waals surface area contributed by atoms with E-state index >= 15 is 0 Å². The van der Waals surface area contributed by atoms with Gasteiger partial charge in [0.25, 0.3) is 6.47 Å². The molecule has 1 rings (SSSR count). The van der Waals surface area contributed by atoms with E-state index in [-0.39, 0.29) is 6.47 Å². The third-order valence-corrected chi connectivity index (χ3v) is 3.16. The summed E-state index contributed by atoms with van der Waals surface area (Å²) in [5.74, 6) is 0. The molecule has 0 amide bonds. The molecule has 0 spiro atoms. The Hall–Kier alpha value is -0.530. The van der Waals surface area contributed by atoms with Crippen LogP contribution in [0.3, 0.4) is 0 Å². The molecule has 2 nitrogen and oxygen atoms in total. The number of hydrogen-bond acceptors (Lipinski definition) is 1. The largest absolute Gasteiger partial charge is 0.483 e. The van der Waals surface area contributed by atoms with Crippen molar-refractivity contribution in [2.24, 2.45) is 5.41 Å². The highest BCUT2D eigenvalue weighted by atomic mass is 16.3. The van der Waals surface area contributed by atoms with Gasteiger partial charge in [0.05, 0.1) is 0 Å². The minimum Gasteiger partial charge on any atom is -0.483 e. The fourth-order valence-electron chi connectivity index (χ4n) is 2.08. The average molecular weight is 172 g/mol. The van der Waals surface area contributed by atoms with E-state index in [2.05, 4.69) is 13.8 Å². The third kappa shape index (κ3) is 3.24. The highest BCUT2D eigenvalue weighted by molar-refractivity contribution is 5.32. The molecule has 1 aliphatic rings. The van der Waals surface area contributed by atoms with Gasteiger partial charge in [-0.1, -0.05) is 39.5 Å². The van der Waals surface area contributed by atoms with Gasteiger partial charge in [-0.15, -0.1) is 0 Å². The molecule has 12 heavy (non-hydrogen) atoms. The van der Waals surface area contributed by atoms with Crippen LogP contribution in [-0.4, -0.2) is 11.6 Å². The van der Waals surface area contributed by atoms with Gasteiger partial charge in [0.2, 0.25) is 0 Å².